The Hall–Kier alpha value is -0.650. The van der Waals surface area contributed by atoms with E-state index >= 15 is 0 Å². The van der Waals surface area contributed by atoms with Crippen LogP contribution in [0.15, 0.2) is 0 Å². The second-order valence-corrected chi connectivity index (χ2v) is 13.8. The van der Waals surface area contributed by atoms with Gasteiger partial charge in [-0.15, -0.1) is 0 Å². The van der Waals surface area contributed by atoms with Crippen molar-refractivity contribution in [1.82, 2.24) is 0 Å². The summed E-state index contributed by atoms with van der Waals surface area (Å²) in [5.74, 6) is 4.88. The van der Waals surface area contributed by atoms with Gasteiger partial charge in [-0.1, -0.05) is 54.4 Å². The molecule has 0 radical (unpaired) electrons. The van der Waals surface area contributed by atoms with Crippen LogP contribution in [0, 0.1) is 64.1 Å². The number of methoxy groups -OCH3 is 2. The molecule has 5 nitrogen and oxygen atoms in total. The molecule has 0 amide bonds. The fourth-order valence-electron chi connectivity index (χ4n) is 10.6. The van der Waals surface area contributed by atoms with Crippen molar-refractivity contribution in [1.29, 1.82) is 0 Å². The molecule has 4 aliphatic rings. The first-order valence-corrected chi connectivity index (χ1v) is 14.9. The Morgan fingerprint density at radius 1 is 1.06 bits per heavy atom. The summed E-state index contributed by atoms with van der Waals surface area (Å²) in [6.07, 6.45) is 8.62. The van der Waals surface area contributed by atoms with Gasteiger partial charge < -0.3 is 19.3 Å². The van der Waals surface area contributed by atoms with Crippen molar-refractivity contribution in [2.45, 2.75) is 105 Å². The third-order valence-corrected chi connectivity index (χ3v) is 12.4. The van der Waals surface area contributed by atoms with Crippen LogP contribution in [0.4, 0.5) is 0 Å². The molecule has 0 aromatic carbocycles. The average molecular weight is 507 g/mol. The van der Waals surface area contributed by atoms with Crippen LogP contribution in [-0.4, -0.2) is 44.3 Å². The Kier molecular flexibility index (Phi) is 8.54. The first kappa shape index (κ1) is 28.4. The number of carbonyl (C=O) groups excluding carboxylic acids is 1. The van der Waals surface area contributed by atoms with E-state index < -0.39 is 12.1 Å². The molecule has 4 saturated carbocycles. The zero-order valence-corrected chi connectivity index (χ0v) is 24.3. The zero-order chi connectivity index (χ0) is 26.4. The molecule has 13 atom stereocenters. The van der Waals surface area contributed by atoms with Crippen molar-refractivity contribution < 1.29 is 24.1 Å². The summed E-state index contributed by atoms with van der Waals surface area (Å²) in [5, 5.41) is 10.5. The predicted molar refractivity (Wildman–Crippen MR) is 142 cm³/mol. The highest BCUT2D eigenvalue weighted by Gasteiger charge is 2.67. The number of ether oxygens (including phenoxy) is 3. The molecular formula is C31H54O5. The monoisotopic (exact) mass is 506 g/mol. The summed E-state index contributed by atoms with van der Waals surface area (Å²) in [6.45, 7) is 15.2. The predicted octanol–water partition coefficient (Wildman–Crippen LogP) is 6.32. The first-order valence-electron chi connectivity index (χ1n) is 14.9. The van der Waals surface area contributed by atoms with E-state index in [1.165, 1.54) is 52.1 Å². The quantitative estimate of drug-likeness (QED) is 0.308. The molecule has 0 spiro atoms. The molecule has 36 heavy (non-hydrogen) atoms. The highest BCUT2D eigenvalue weighted by atomic mass is 16.7. The van der Waals surface area contributed by atoms with Crippen molar-refractivity contribution >= 4 is 5.97 Å². The summed E-state index contributed by atoms with van der Waals surface area (Å²) in [7, 11) is 3.11. The molecule has 4 aliphatic carbocycles. The van der Waals surface area contributed by atoms with Crippen molar-refractivity contribution in [2.75, 3.05) is 21.0 Å². The number of hydrogen-bond acceptors (Lipinski definition) is 5. The Bertz CT molecular complexity index is 770. The first-order chi connectivity index (χ1) is 17.0. The lowest BCUT2D eigenvalue weighted by molar-refractivity contribution is -0.240. The molecule has 0 aromatic heterocycles. The van der Waals surface area contributed by atoms with E-state index in [0.717, 1.165) is 11.8 Å². The lowest BCUT2D eigenvalue weighted by Crippen LogP contribution is -2.63. The van der Waals surface area contributed by atoms with Crippen LogP contribution in [0.5, 0.6) is 0 Å². The maximum atomic E-state index is 12.0. The lowest BCUT2D eigenvalue weighted by Gasteiger charge is -2.67. The van der Waals surface area contributed by atoms with Crippen molar-refractivity contribution in [3.63, 3.8) is 0 Å². The average Bonchev–Trinajstić information content (AvgIpc) is 3.21. The summed E-state index contributed by atoms with van der Waals surface area (Å²) >= 11 is 0. The van der Waals surface area contributed by atoms with Gasteiger partial charge in [0.15, 0.2) is 6.10 Å². The van der Waals surface area contributed by atoms with Crippen molar-refractivity contribution in [3.05, 3.63) is 0 Å². The smallest absolute Gasteiger partial charge is 0.334 e. The number of hydrogen-bond donors (Lipinski definition) is 1. The molecule has 0 aliphatic heterocycles. The van der Waals surface area contributed by atoms with Gasteiger partial charge in [0.1, 0.15) is 6.79 Å². The van der Waals surface area contributed by atoms with Gasteiger partial charge in [0, 0.05) is 7.11 Å². The number of esters is 1. The van der Waals surface area contributed by atoms with Crippen LogP contribution in [0.3, 0.4) is 0 Å². The second kappa shape index (κ2) is 10.8. The van der Waals surface area contributed by atoms with E-state index in [-0.39, 0.29) is 17.4 Å². The summed E-state index contributed by atoms with van der Waals surface area (Å²) in [6, 6.07) is 0. The van der Waals surface area contributed by atoms with Crippen LogP contribution in [0.1, 0.15) is 92.9 Å². The summed E-state index contributed by atoms with van der Waals surface area (Å²) in [4.78, 5) is 12.0. The Morgan fingerprint density at radius 3 is 2.42 bits per heavy atom. The normalized spacial score (nSPS) is 47.9. The number of aliphatic hydroxyl groups excluding tert-OH is 1. The van der Waals surface area contributed by atoms with Crippen LogP contribution < -0.4 is 0 Å². The molecule has 0 saturated heterocycles. The van der Waals surface area contributed by atoms with Gasteiger partial charge in [0.2, 0.25) is 0 Å². The maximum Gasteiger partial charge on any atom is 0.334 e. The Morgan fingerprint density at radius 2 is 1.78 bits per heavy atom. The van der Waals surface area contributed by atoms with E-state index in [1.54, 1.807) is 7.11 Å². The summed E-state index contributed by atoms with van der Waals surface area (Å²) in [5.41, 5.74) is 0.583. The van der Waals surface area contributed by atoms with E-state index in [9.17, 15) is 9.90 Å². The Balaban J connectivity index is 1.69. The maximum absolute atomic E-state index is 12.0. The minimum absolute atomic E-state index is 0.189. The SMILES string of the molecule is CC[C@H]1C(OCOC)C2C3CC[C@H]([C@H](C)C[C@@H](O)C(=O)OC)[C@@]3(C)[C@@H](C)CC2[C@@]2(C)CC[C@@H](C)C[C@@H]12. The highest BCUT2D eigenvalue weighted by Crippen LogP contribution is 2.71. The van der Waals surface area contributed by atoms with Crippen molar-refractivity contribution in [2.24, 2.45) is 64.1 Å². The van der Waals surface area contributed by atoms with Gasteiger partial charge in [-0.05, 0) is 103 Å². The number of carbonyl (C=O) groups is 1. The van der Waals surface area contributed by atoms with Crippen LogP contribution >= 0.6 is 0 Å². The zero-order valence-electron chi connectivity index (χ0n) is 24.3. The minimum atomic E-state index is -1.03. The van der Waals surface area contributed by atoms with Gasteiger partial charge in [-0.2, -0.15) is 0 Å². The molecule has 5 heteroatoms. The van der Waals surface area contributed by atoms with Gasteiger partial charge >= 0.3 is 5.97 Å². The van der Waals surface area contributed by atoms with Crippen LogP contribution in [0.2, 0.25) is 0 Å². The van der Waals surface area contributed by atoms with E-state index in [0.29, 0.717) is 54.1 Å². The third kappa shape index (κ3) is 4.47. The van der Waals surface area contributed by atoms with Crippen LogP contribution in [-0.2, 0) is 19.0 Å². The molecule has 1 N–H and O–H groups in total. The summed E-state index contributed by atoms with van der Waals surface area (Å²) < 4.78 is 17.0. The minimum Gasteiger partial charge on any atom is -0.467 e. The largest absolute Gasteiger partial charge is 0.467 e. The molecule has 4 unspecified atom stereocenters. The molecule has 4 fully saturated rings. The standard InChI is InChI=1S/C31H54O5/c1-9-21-24-14-18(2)12-13-30(24,5)25-16-20(4)31(6)22(19(3)15-26(32)29(33)35-8)10-11-23(31)27(25)28(21)36-17-34-7/h18-28,32H,9-17H2,1-8H3/t18-,19-,20+,21-,22-,23?,24+,25?,26-,27?,28?,30+,31-/m1/s1. The van der Waals surface area contributed by atoms with E-state index in [1.807, 2.05) is 0 Å². The molecule has 0 heterocycles. The van der Waals surface area contributed by atoms with E-state index in [2.05, 4.69) is 41.5 Å². The molecule has 0 aromatic rings. The second-order valence-electron chi connectivity index (χ2n) is 13.8. The third-order valence-electron chi connectivity index (χ3n) is 12.4. The fourth-order valence-corrected chi connectivity index (χ4v) is 10.6. The van der Waals surface area contributed by atoms with Gasteiger partial charge in [0.25, 0.3) is 0 Å². The van der Waals surface area contributed by atoms with Gasteiger partial charge in [-0.25, -0.2) is 4.79 Å². The fraction of sp³-hybridized carbons (Fsp3) is 0.968. The van der Waals surface area contributed by atoms with E-state index in [4.69, 9.17) is 14.2 Å². The number of rotatable bonds is 8. The molecular weight excluding hydrogens is 452 g/mol. The Labute approximate surface area is 220 Å². The van der Waals surface area contributed by atoms with Gasteiger partial charge in [-0.3, -0.25) is 0 Å². The molecule has 4 rings (SSSR count). The lowest BCUT2D eigenvalue weighted by atomic mass is 9.39. The number of aliphatic hydroxyl groups is 1. The number of fused-ring (bicyclic) bond motifs is 5. The topological polar surface area (TPSA) is 65.0 Å². The molecule has 208 valence electrons. The van der Waals surface area contributed by atoms with Crippen molar-refractivity contribution in [3.8, 4) is 0 Å². The van der Waals surface area contributed by atoms with Gasteiger partial charge in [0.05, 0.1) is 13.2 Å². The van der Waals surface area contributed by atoms with Crippen LogP contribution in [0.25, 0.3) is 0 Å². The molecule has 0 bridgehead atoms. The highest BCUT2D eigenvalue weighted by molar-refractivity contribution is 5.74.